The summed E-state index contributed by atoms with van der Waals surface area (Å²) in [5.41, 5.74) is 6.38. The van der Waals surface area contributed by atoms with Crippen LogP contribution in [0.15, 0.2) is 28.8 Å². The van der Waals surface area contributed by atoms with Gasteiger partial charge in [-0.3, -0.25) is 0 Å². The van der Waals surface area contributed by atoms with Crippen LogP contribution in [0.25, 0.3) is 11.3 Å². The summed E-state index contributed by atoms with van der Waals surface area (Å²) < 4.78 is 16.7. The van der Waals surface area contributed by atoms with Crippen molar-refractivity contribution in [1.29, 1.82) is 0 Å². The molecule has 0 aliphatic carbocycles. The Bertz CT molecular complexity index is 551. The van der Waals surface area contributed by atoms with E-state index in [1.165, 1.54) is 0 Å². The first-order valence-electron chi connectivity index (χ1n) is 5.91. The van der Waals surface area contributed by atoms with Gasteiger partial charge in [-0.25, -0.2) is 4.98 Å². The first-order valence-corrected chi connectivity index (χ1v) is 5.91. The van der Waals surface area contributed by atoms with Crippen LogP contribution in [0.1, 0.15) is 12.3 Å². The first kappa shape index (κ1) is 11.1. The van der Waals surface area contributed by atoms with Gasteiger partial charge in [0.25, 0.3) is 0 Å². The molecule has 1 aliphatic heterocycles. The number of aromatic nitrogens is 1. The maximum Gasteiger partial charge on any atom is 0.208 e. The van der Waals surface area contributed by atoms with Gasteiger partial charge in [-0.05, 0) is 18.2 Å². The molecule has 0 saturated heterocycles. The molecule has 0 fully saturated rings. The topological polar surface area (TPSA) is 70.5 Å². The fourth-order valence-electron chi connectivity index (χ4n) is 1.85. The quantitative estimate of drug-likeness (QED) is 0.877. The van der Waals surface area contributed by atoms with Gasteiger partial charge in [-0.2, -0.15) is 0 Å². The highest BCUT2D eigenvalue weighted by molar-refractivity contribution is 5.62. The van der Waals surface area contributed by atoms with Crippen LogP contribution in [0.3, 0.4) is 0 Å². The van der Waals surface area contributed by atoms with Crippen molar-refractivity contribution in [1.82, 2.24) is 4.98 Å². The molecule has 5 heteroatoms. The van der Waals surface area contributed by atoms with Crippen LogP contribution in [-0.2, 0) is 6.54 Å². The van der Waals surface area contributed by atoms with Crippen LogP contribution in [0.2, 0.25) is 0 Å². The molecule has 1 aromatic heterocycles. The standard InChI is InChI=1S/C13H14N2O3/c14-7-13-15-8-12(18-13)9-2-3-10-11(6-9)17-5-1-4-16-10/h2-3,6,8H,1,4-5,7,14H2. The highest BCUT2D eigenvalue weighted by Crippen LogP contribution is 2.34. The SMILES string of the molecule is NCc1ncc(-c2ccc3c(c2)OCCCO3)o1. The van der Waals surface area contributed by atoms with Gasteiger partial charge >= 0.3 is 0 Å². The van der Waals surface area contributed by atoms with Gasteiger partial charge < -0.3 is 19.6 Å². The lowest BCUT2D eigenvalue weighted by Crippen LogP contribution is -1.97. The van der Waals surface area contributed by atoms with E-state index in [9.17, 15) is 0 Å². The van der Waals surface area contributed by atoms with E-state index in [2.05, 4.69) is 4.98 Å². The van der Waals surface area contributed by atoms with Crippen molar-refractivity contribution >= 4 is 0 Å². The summed E-state index contributed by atoms with van der Waals surface area (Å²) in [6.07, 6.45) is 2.56. The molecule has 0 saturated carbocycles. The molecule has 1 aromatic carbocycles. The van der Waals surface area contributed by atoms with E-state index in [0.29, 0.717) is 31.4 Å². The molecule has 0 bridgehead atoms. The molecule has 0 atom stereocenters. The summed E-state index contributed by atoms with van der Waals surface area (Å²) in [6.45, 7) is 1.65. The van der Waals surface area contributed by atoms with Gasteiger partial charge in [0.15, 0.2) is 17.3 Å². The summed E-state index contributed by atoms with van der Waals surface area (Å²) in [5.74, 6) is 2.73. The van der Waals surface area contributed by atoms with E-state index in [1.807, 2.05) is 18.2 Å². The lowest BCUT2D eigenvalue weighted by atomic mass is 10.1. The Balaban J connectivity index is 1.95. The van der Waals surface area contributed by atoms with Crippen LogP contribution >= 0.6 is 0 Å². The Kier molecular flexibility index (Phi) is 2.90. The van der Waals surface area contributed by atoms with Crippen molar-refractivity contribution in [2.75, 3.05) is 13.2 Å². The summed E-state index contributed by atoms with van der Waals surface area (Å²) in [4.78, 5) is 4.08. The minimum atomic E-state index is 0.296. The molecule has 3 rings (SSSR count). The molecule has 18 heavy (non-hydrogen) atoms. The maximum atomic E-state index is 5.63. The number of nitrogens with two attached hydrogens (primary N) is 1. The van der Waals surface area contributed by atoms with Crippen LogP contribution in [0.4, 0.5) is 0 Å². The first-order chi connectivity index (χ1) is 8.86. The third-order valence-corrected chi connectivity index (χ3v) is 2.76. The Morgan fingerprint density at radius 3 is 2.78 bits per heavy atom. The maximum absolute atomic E-state index is 5.63. The van der Waals surface area contributed by atoms with Gasteiger partial charge in [-0.1, -0.05) is 0 Å². The zero-order chi connectivity index (χ0) is 12.4. The number of fused-ring (bicyclic) bond motifs is 1. The van der Waals surface area contributed by atoms with Crippen molar-refractivity contribution in [2.45, 2.75) is 13.0 Å². The van der Waals surface area contributed by atoms with E-state index in [0.717, 1.165) is 23.5 Å². The predicted molar refractivity (Wildman–Crippen MR) is 65.4 cm³/mol. The second kappa shape index (κ2) is 4.70. The van der Waals surface area contributed by atoms with Crippen LogP contribution < -0.4 is 15.2 Å². The minimum Gasteiger partial charge on any atom is -0.490 e. The van der Waals surface area contributed by atoms with Gasteiger partial charge in [0, 0.05) is 12.0 Å². The number of ether oxygens (including phenoxy) is 2. The third-order valence-electron chi connectivity index (χ3n) is 2.76. The van der Waals surface area contributed by atoms with E-state index >= 15 is 0 Å². The molecule has 0 amide bonds. The van der Waals surface area contributed by atoms with E-state index < -0.39 is 0 Å². The third kappa shape index (κ3) is 2.04. The van der Waals surface area contributed by atoms with E-state index in [-0.39, 0.29) is 0 Å². The number of oxazole rings is 1. The molecule has 2 aromatic rings. The second-order valence-corrected chi connectivity index (χ2v) is 4.03. The molecular weight excluding hydrogens is 232 g/mol. The number of hydrogen-bond acceptors (Lipinski definition) is 5. The highest BCUT2D eigenvalue weighted by atomic mass is 16.5. The Morgan fingerprint density at radius 1 is 1.17 bits per heavy atom. The lowest BCUT2D eigenvalue weighted by molar-refractivity contribution is 0.297. The summed E-state index contributed by atoms with van der Waals surface area (Å²) >= 11 is 0. The van der Waals surface area contributed by atoms with Crippen molar-refractivity contribution in [3.8, 4) is 22.8 Å². The Hall–Kier alpha value is -2.01. The molecule has 94 valence electrons. The van der Waals surface area contributed by atoms with Crippen LogP contribution in [0.5, 0.6) is 11.5 Å². The van der Waals surface area contributed by atoms with Gasteiger partial charge in [0.1, 0.15) is 0 Å². The summed E-state index contributed by atoms with van der Waals surface area (Å²) in [5, 5.41) is 0. The van der Waals surface area contributed by atoms with Crippen molar-refractivity contribution in [2.24, 2.45) is 5.73 Å². The summed E-state index contributed by atoms with van der Waals surface area (Å²) in [6, 6.07) is 5.72. The Labute approximate surface area is 105 Å². The second-order valence-electron chi connectivity index (χ2n) is 4.03. The van der Waals surface area contributed by atoms with Gasteiger partial charge in [0.05, 0.1) is 26.0 Å². The number of rotatable bonds is 2. The molecule has 0 spiro atoms. The largest absolute Gasteiger partial charge is 0.490 e. The minimum absolute atomic E-state index is 0.296. The molecule has 5 nitrogen and oxygen atoms in total. The average molecular weight is 246 g/mol. The zero-order valence-electron chi connectivity index (χ0n) is 9.89. The predicted octanol–water partition coefficient (Wildman–Crippen LogP) is 1.96. The van der Waals surface area contributed by atoms with Crippen LogP contribution in [0, 0.1) is 0 Å². The van der Waals surface area contributed by atoms with Crippen molar-refractivity contribution in [3.63, 3.8) is 0 Å². The monoisotopic (exact) mass is 246 g/mol. The molecule has 2 heterocycles. The molecule has 1 aliphatic rings. The number of nitrogens with zero attached hydrogens (tertiary/aromatic N) is 1. The molecular formula is C13H14N2O3. The number of hydrogen-bond donors (Lipinski definition) is 1. The lowest BCUT2D eigenvalue weighted by Gasteiger charge is -2.07. The fourth-order valence-corrected chi connectivity index (χ4v) is 1.85. The van der Waals surface area contributed by atoms with Crippen molar-refractivity contribution < 1.29 is 13.9 Å². The van der Waals surface area contributed by atoms with Gasteiger partial charge in [-0.15, -0.1) is 0 Å². The normalized spacial score (nSPS) is 14.3. The van der Waals surface area contributed by atoms with Gasteiger partial charge in [0.2, 0.25) is 5.89 Å². The van der Waals surface area contributed by atoms with E-state index in [1.54, 1.807) is 6.20 Å². The zero-order valence-corrected chi connectivity index (χ0v) is 9.89. The van der Waals surface area contributed by atoms with Crippen molar-refractivity contribution in [3.05, 3.63) is 30.3 Å². The summed E-state index contributed by atoms with van der Waals surface area (Å²) in [7, 11) is 0. The number of benzene rings is 1. The molecule has 0 radical (unpaired) electrons. The smallest absolute Gasteiger partial charge is 0.208 e. The molecule has 2 N–H and O–H groups in total. The average Bonchev–Trinajstić information content (AvgIpc) is 2.76. The Morgan fingerprint density at radius 2 is 2.00 bits per heavy atom. The van der Waals surface area contributed by atoms with Crippen LogP contribution in [-0.4, -0.2) is 18.2 Å². The fraction of sp³-hybridized carbons (Fsp3) is 0.308. The van der Waals surface area contributed by atoms with E-state index in [4.69, 9.17) is 19.6 Å². The molecule has 0 unspecified atom stereocenters. The highest BCUT2D eigenvalue weighted by Gasteiger charge is 2.13.